The summed E-state index contributed by atoms with van der Waals surface area (Å²) >= 11 is 5.91. The third kappa shape index (κ3) is 2.18. The second-order valence-corrected chi connectivity index (χ2v) is 3.98. The zero-order valence-corrected chi connectivity index (χ0v) is 9.49. The largest absolute Gasteiger partial charge is 0.245 e. The standard InChI is InChI=1S/C11H12ClN3/c1-8-9(2)15(14-13-8)7-10-4-3-5-11(12)6-10/h3-6H,7H2,1-2H3. The monoisotopic (exact) mass is 221 g/mol. The fourth-order valence-corrected chi connectivity index (χ4v) is 1.62. The van der Waals surface area contributed by atoms with Crippen LogP contribution < -0.4 is 0 Å². The smallest absolute Gasteiger partial charge is 0.0825 e. The molecule has 0 aliphatic heterocycles. The molecule has 0 amide bonds. The van der Waals surface area contributed by atoms with Gasteiger partial charge in [-0.25, -0.2) is 4.68 Å². The van der Waals surface area contributed by atoms with Gasteiger partial charge in [0.25, 0.3) is 0 Å². The number of hydrogen-bond acceptors (Lipinski definition) is 2. The van der Waals surface area contributed by atoms with E-state index in [0.29, 0.717) is 6.54 Å². The van der Waals surface area contributed by atoms with Gasteiger partial charge in [0.15, 0.2) is 0 Å². The summed E-state index contributed by atoms with van der Waals surface area (Å²) in [5, 5.41) is 8.83. The van der Waals surface area contributed by atoms with E-state index in [2.05, 4.69) is 10.3 Å². The van der Waals surface area contributed by atoms with Crippen molar-refractivity contribution in [3.8, 4) is 0 Å². The summed E-state index contributed by atoms with van der Waals surface area (Å²) < 4.78 is 1.88. The van der Waals surface area contributed by atoms with Crippen LogP contribution in [-0.2, 0) is 6.54 Å². The normalized spacial score (nSPS) is 10.6. The molecule has 0 radical (unpaired) electrons. The number of halogens is 1. The second kappa shape index (κ2) is 4.03. The number of hydrogen-bond donors (Lipinski definition) is 0. The molecule has 78 valence electrons. The minimum absolute atomic E-state index is 0.716. The van der Waals surface area contributed by atoms with Gasteiger partial charge in [0, 0.05) is 5.02 Å². The molecule has 2 rings (SSSR count). The molecule has 0 saturated heterocycles. The molecule has 3 nitrogen and oxygen atoms in total. The van der Waals surface area contributed by atoms with Crippen molar-refractivity contribution in [2.24, 2.45) is 0 Å². The summed E-state index contributed by atoms with van der Waals surface area (Å²) in [6, 6.07) is 7.78. The first-order valence-corrected chi connectivity index (χ1v) is 5.16. The number of aromatic nitrogens is 3. The Kier molecular flexibility index (Phi) is 2.73. The summed E-state index contributed by atoms with van der Waals surface area (Å²) in [4.78, 5) is 0. The molecule has 1 aromatic carbocycles. The van der Waals surface area contributed by atoms with Gasteiger partial charge in [0.2, 0.25) is 0 Å². The molecule has 0 aliphatic rings. The van der Waals surface area contributed by atoms with Gasteiger partial charge in [0.1, 0.15) is 0 Å². The Morgan fingerprint density at radius 1 is 1.33 bits per heavy atom. The summed E-state index contributed by atoms with van der Waals surface area (Å²) in [7, 11) is 0. The second-order valence-electron chi connectivity index (χ2n) is 3.55. The highest BCUT2D eigenvalue weighted by atomic mass is 35.5. The number of benzene rings is 1. The number of nitrogens with zero attached hydrogens (tertiary/aromatic N) is 3. The van der Waals surface area contributed by atoms with Crippen molar-refractivity contribution in [1.29, 1.82) is 0 Å². The summed E-state index contributed by atoms with van der Waals surface area (Å²) in [6.07, 6.45) is 0. The molecule has 0 fully saturated rings. The Labute approximate surface area is 93.7 Å². The van der Waals surface area contributed by atoms with Crippen LogP contribution in [0.15, 0.2) is 24.3 Å². The molecule has 1 aromatic heterocycles. The van der Waals surface area contributed by atoms with Crippen LogP contribution in [0.2, 0.25) is 5.02 Å². The van der Waals surface area contributed by atoms with E-state index < -0.39 is 0 Å². The highest BCUT2D eigenvalue weighted by Crippen LogP contribution is 2.12. The van der Waals surface area contributed by atoms with Crippen LogP contribution in [0.5, 0.6) is 0 Å². The first-order valence-electron chi connectivity index (χ1n) is 4.78. The van der Waals surface area contributed by atoms with Gasteiger partial charge in [-0.3, -0.25) is 0 Å². The number of rotatable bonds is 2. The minimum atomic E-state index is 0.716. The van der Waals surface area contributed by atoms with Crippen LogP contribution in [0.25, 0.3) is 0 Å². The Bertz CT molecular complexity index is 476. The molecule has 2 aromatic rings. The fourth-order valence-electron chi connectivity index (χ4n) is 1.41. The average molecular weight is 222 g/mol. The zero-order valence-electron chi connectivity index (χ0n) is 8.74. The summed E-state index contributed by atoms with van der Waals surface area (Å²) in [5.74, 6) is 0. The molecule has 0 saturated carbocycles. The van der Waals surface area contributed by atoms with Gasteiger partial charge in [-0.1, -0.05) is 28.9 Å². The van der Waals surface area contributed by atoms with Crippen LogP contribution in [0, 0.1) is 13.8 Å². The van der Waals surface area contributed by atoms with Crippen molar-refractivity contribution >= 4 is 11.6 Å². The first kappa shape index (κ1) is 10.2. The molecule has 0 bridgehead atoms. The summed E-state index contributed by atoms with van der Waals surface area (Å²) in [5.41, 5.74) is 3.20. The van der Waals surface area contributed by atoms with Crippen LogP contribution in [0.4, 0.5) is 0 Å². The lowest BCUT2D eigenvalue weighted by Crippen LogP contribution is -2.03. The molecular formula is C11H12ClN3. The molecule has 0 atom stereocenters. The molecule has 1 heterocycles. The third-order valence-corrected chi connectivity index (χ3v) is 2.67. The lowest BCUT2D eigenvalue weighted by atomic mass is 10.2. The predicted octanol–water partition coefficient (Wildman–Crippen LogP) is 2.60. The summed E-state index contributed by atoms with van der Waals surface area (Å²) in [6.45, 7) is 4.68. The van der Waals surface area contributed by atoms with E-state index in [9.17, 15) is 0 Å². The van der Waals surface area contributed by atoms with Crippen molar-refractivity contribution in [2.45, 2.75) is 20.4 Å². The van der Waals surface area contributed by atoms with E-state index in [4.69, 9.17) is 11.6 Å². The van der Waals surface area contributed by atoms with Crippen molar-refractivity contribution in [2.75, 3.05) is 0 Å². The van der Waals surface area contributed by atoms with Gasteiger partial charge in [-0.15, -0.1) is 5.10 Å². The predicted molar refractivity (Wildman–Crippen MR) is 60.1 cm³/mol. The maximum Gasteiger partial charge on any atom is 0.0825 e. The molecule has 0 spiro atoms. The lowest BCUT2D eigenvalue weighted by molar-refractivity contribution is 0.633. The number of aryl methyl sites for hydroxylation is 1. The van der Waals surface area contributed by atoms with Crippen molar-refractivity contribution in [3.05, 3.63) is 46.2 Å². The van der Waals surface area contributed by atoms with Crippen molar-refractivity contribution in [1.82, 2.24) is 15.0 Å². The Morgan fingerprint density at radius 2 is 2.13 bits per heavy atom. The quantitative estimate of drug-likeness (QED) is 0.781. The van der Waals surface area contributed by atoms with E-state index in [0.717, 1.165) is 22.0 Å². The third-order valence-electron chi connectivity index (χ3n) is 2.43. The van der Waals surface area contributed by atoms with Crippen molar-refractivity contribution in [3.63, 3.8) is 0 Å². The van der Waals surface area contributed by atoms with Crippen LogP contribution >= 0.6 is 11.6 Å². The highest BCUT2D eigenvalue weighted by molar-refractivity contribution is 6.30. The van der Waals surface area contributed by atoms with Crippen LogP contribution in [-0.4, -0.2) is 15.0 Å². The van der Waals surface area contributed by atoms with Crippen molar-refractivity contribution < 1.29 is 0 Å². The van der Waals surface area contributed by atoms with Gasteiger partial charge in [-0.2, -0.15) is 0 Å². The molecular weight excluding hydrogens is 210 g/mol. The van der Waals surface area contributed by atoms with Crippen LogP contribution in [0.3, 0.4) is 0 Å². The maximum absolute atomic E-state index is 5.91. The molecule has 0 unspecified atom stereocenters. The average Bonchev–Trinajstić information content (AvgIpc) is 2.50. The van der Waals surface area contributed by atoms with Gasteiger partial charge in [-0.05, 0) is 31.5 Å². The first-order chi connectivity index (χ1) is 7.16. The van der Waals surface area contributed by atoms with E-state index >= 15 is 0 Å². The topological polar surface area (TPSA) is 30.7 Å². The van der Waals surface area contributed by atoms with Crippen LogP contribution in [0.1, 0.15) is 17.0 Å². The van der Waals surface area contributed by atoms with Gasteiger partial charge < -0.3 is 0 Å². The van der Waals surface area contributed by atoms with Gasteiger partial charge >= 0.3 is 0 Å². The Balaban J connectivity index is 2.26. The molecule has 0 N–H and O–H groups in total. The Morgan fingerprint density at radius 3 is 2.73 bits per heavy atom. The Hall–Kier alpha value is -1.35. The highest BCUT2D eigenvalue weighted by Gasteiger charge is 2.04. The fraction of sp³-hybridized carbons (Fsp3) is 0.273. The van der Waals surface area contributed by atoms with Gasteiger partial charge in [0.05, 0.1) is 17.9 Å². The van der Waals surface area contributed by atoms with E-state index in [-0.39, 0.29) is 0 Å². The van der Waals surface area contributed by atoms with E-state index in [1.165, 1.54) is 0 Å². The SMILES string of the molecule is Cc1nnn(Cc2cccc(Cl)c2)c1C. The lowest BCUT2D eigenvalue weighted by Gasteiger charge is -2.03. The molecule has 0 aliphatic carbocycles. The maximum atomic E-state index is 5.91. The van der Waals surface area contributed by atoms with E-state index in [1.807, 2.05) is 42.8 Å². The van der Waals surface area contributed by atoms with E-state index in [1.54, 1.807) is 0 Å². The minimum Gasteiger partial charge on any atom is -0.245 e. The molecule has 15 heavy (non-hydrogen) atoms. The zero-order chi connectivity index (χ0) is 10.8. The molecule has 4 heteroatoms.